The van der Waals surface area contributed by atoms with E-state index in [0.717, 1.165) is 31.6 Å². The zero-order valence-corrected chi connectivity index (χ0v) is 15.2. The van der Waals surface area contributed by atoms with E-state index in [1.54, 1.807) is 16.2 Å². The fourth-order valence-corrected chi connectivity index (χ4v) is 4.56. The van der Waals surface area contributed by atoms with Crippen LogP contribution in [0.3, 0.4) is 0 Å². The summed E-state index contributed by atoms with van der Waals surface area (Å²) in [7, 11) is 1.81. The Morgan fingerprint density at radius 3 is 2.96 bits per heavy atom. The van der Waals surface area contributed by atoms with Crippen molar-refractivity contribution in [3.05, 3.63) is 48.0 Å². The van der Waals surface area contributed by atoms with Crippen LogP contribution in [0.25, 0.3) is 10.2 Å². The predicted octanol–water partition coefficient (Wildman–Crippen LogP) is 3.78. The molecule has 0 fully saturated rings. The van der Waals surface area contributed by atoms with Crippen LogP contribution in [0.15, 0.2) is 46.8 Å². The molecule has 1 amide bonds. The summed E-state index contributed by atoms with van der Waals surface area (Å²) in [5.74, 6) is 1.94. The SMILES string of the molecule is CN(Cc1ccc2c(c1)OCO2)C(=O)CSc1nc2ccccc2s1. The molecule has 0 aliphatic carbocycles. The van der Waals surface area contributed by atoms with Crippen LogP contribution >= 0.6 is 23.1 Å². The van der Waals surface area contributed by atoms with E-state index in [0.29, 0.717) is 12.3 Å². The van der Waals surface area contributed by atoms with Gasteiger partial charge in [-0.15, -0.1) is 11.3 Å². The predicted molar refractivity (Wildman–Crippen MR) is 99.4 cm³/mol. The number of rotatable bonds is 5. The van der Waals surface area contributed by atoms with Gasteiger partial charge in [0.2, 0.25) is 12.7 Å². The molecule has 0 unspecified atom stereocenters. The molecule has 25 heavy (non-hydrogen) atoms. The van der Waals surface area contributed by atoms with Gasteiger partial charge in [0.05, 0.1) is 16.0 Å². The average Bonchev–Trinajstić information content (AvgIpc) is 3.25. The number of hydrogen-bond acceptors (Lipinski definition) is 6. The number of hydrogen-bond donors (Lipinski definition) is 0. The Labute approximate surface area is 153 Å². The highest BCUT2D eigenvalue weighted by molar-refractivity contribution is 8.01. The van der Waals surface area contributed by atoms with Crippen LogP contribution in [0.5, 0.6) is 11.5 Å². The standard InChI is InChI=1S/C18H16N2O3S2/c1-20(9-12-6-7-14-15(8-12)23-11-22-14)17(21)10-24-18-19-13-4-2-3-5-16(13)25-18/h2-8H,9-11H2,1H3. The van der Waals surface area contributed by atoms with E-state index < -0.39 is 0 Å². The van der Waals surface area contributed by atoms with Crippen molar-refractivity contribution in [2.75, 3.05) is 19.6 Å². The van der Waals surface area contributed by atoms with Gasteiger partial charge in [0.25, 0.3) is 0 Å². The van der Waals surface area contributed by atoms with Gasteiger partial charge in [-0.2, -0.15) is 0 Å². The topological polar surface area (TPSA) is 51.7 Å². The lowest BCUT2D eigenvalue weighted by molar-refractivity contribution is -0.127. The Bertz CT molecular complexity index is 893. The summed E-state index contributed by atoms with van der Waals surface area (Å²) < 4.78 is 12.8. The second kappa shape index (κ2) is 6.93. The lowest BCUT2D eigenvalue weighted by Crippen LogP contribution is -2.27. The molecule has 0 bridgehead atoms. The largest absolute Gasteiger partial charge is 0.454 e. The first-order valence-electron chi connectivity index (χ1n) is 7.80. The second-order valence-electron chi connectivity index (χ2n) is 5.67. The second-order valence-corrected chi connectivity index (χ2v) is 7.93. The Hall–Kier alpha value is -2.25. The summed E-state index contributed by atoms with van der Waals surface area (Å²) in [6.07, 6.45) is 0. The molecule has 2 heterocycles. The van der Waals surface area contributed by atoms with Gasteiger partial charge in [0, 0.05) is 13.6 Å². The summed E-state index contributed by atoms with van der Waals surface area (Å²) >= 11 is 3.10. The van der Waals surface area contributed by atoms with E-state index >= 15 is 0 Å². The molecule has 5 nitrogen and oxygen atoms in total. The molecule has 0 radical (unpaired) electrons. The lowest BCUT2D eigenvalue weighted by atomic mass is 10.2. The zero-order chi connectivity index (χ0) is 17.2. The van der Waals surface area contributed by atoms with E-state index in [-0.39, 0.29) is 12.7 Å². The molecule has 7 heteroatoms. The van der Waals surface area contributed by atoms with E-state index in [9.17, 15) is 4.79 Å². The minimum Gasteiger partial charge on any atom is -0.454 e. The van der Waals surface area contributed by atoms with Crippen LogP contribution < -0.4 is 9.47 Å². The maximum Gasteiger partial charge on any atom is 0.233 e. The van der Waals surface area contributed by atoms with Crippen molar-refractivity contribution >= 4 is 39.2 Å². The highest BCUT2D eigenvalue weighted by Gasteiger charge is 2.16. The van der Waals surface area contributed by atoms with Gasteiger partial charge < -0.3 is 14.4 Å². The molecular weight excluding hydrogens is 356 g/mol. The minimum atomic E-state index is 0.0712. The molecule has 2 aromatic carbocycles. The molecule has 0 spiro atoms. The molecule has 0 atom stereocenters. The quantitative estimate of drug-likeness (QED) is 0.638. The molecule has 4 rings (SSSR count). The smallest absolute Gasteiger partial charge is 0.233 e. The first-order valence-corrected chi connectivity index (χ1v) is 9.60. The maximum atomic E-state index is 12.4. The molecule has 1 aliphatic rings. The number of aromatic nitrogens is 1. The number of ether oxygens (including phenoxy) is 2. The van der Waals surface area contributed by atoms with Crippen LogP contribution in [-0.4, -0.2) is 35.4 Å². The van der Waals surface area contributed by atoms with Crippen molar-refractivity contribution in [3.63, 3.8) is 0 Å². The van der Waals surface area contributed by atoms with Gasteiger partial charge in [0.1, 0.15) is 0 Å². The number of thiazole rings is 1. The van der Waals surface area contributed by atoms with Gasteiger partial charge in [-0.1, -0.05) is 30.0 Å². The van der Waals surface area contributed by atoms with E-state index in [1.165, 1.54) is 11.8 Å². The summed E-state index contributed by atoms with van der Waals surface area (Å²) in [4.78, 5) is 18.7. The normalized spacial score (nSPS) is 12.5. The summed E-state index contributed by atoms with van der Waals surface area (Å²) in [5.41, 5.74) is 2.00. The summed E-state index contributed by atoms with van der Waals surface area (Å²) in [6, 6.07) is 13.8. The minimum absolute atomic E-state index is 0.0712. The van der Waals surface area contributed by atoms with Crippen molar-refractivity contribution in [3.8, 4) is 11.5 Å². The number of benzene rings is 2. The number of fused-ring (bicyclic) bond motifs is 2. The Morgan fingerprint density at radius 2 is 2.08 bits per heavy atom. The van der Waals surface area contributed by atoms with Crippen molar-refractivity contribution in [2.45, 2.75) is 10.9 Å². The van der Waals surface area contributed by atoms with Gasteiger partial charge in [-0.3, -0.25) is 4.79 Å². The number of carbonyl (C=O) groups excluding carboxylic acids is 1. The van der Waals surface area contributed by atoms with Gasteiger partial charge in [-0.25, -0.2) is 4.98 Å². The molecule has 128 valence electrons. The number of carbonyl (C=O) groups is 1. The Morgan fingerprint density at radius 1 is 1.24 bits per heavy atom. The van der Waals surface area contributed by atoms with Crippen molar-refractivity contribution < 1.29 is 14.3 Å². The highest BCUT2D eigenvalue weighted by atomic mass is 32.2. The first kappa shape index (κ1) is 16.2. The number of para-hydroxylation sites is 1. The number of amides is 1. The Balaban J connectivity index is 1.35. The maximum absolute atomic E-state index is 12.4. The fraction of sp³-hybridized carbons (Fsp3) is 0.222. The molecule has 0 saturated carbocycles. The highest BCUT2D eigenvalue weighted by Crippen LogP contribution is 2.33. The third kappa shape index (κ3) is 3.57. The molecular formula is C18H16N2O3S2. The van der Waals surface area contributed by atoms with Crippen molar-refractivity contribution in [1.29, 1.82) is 0 Å². The molecule has 3 aromatic rings. The van der Waals surface area contributed by atoms with E-state index in [4.69, 9.17) is 9.47 Å². The van der Waals surface area contributed by atoms with Gasteiger partial charge in [0.15, 0.2) is 15.8 Å². The van der Waals surface area contributed by atoms with Crippen LogP contribution in [-0.2, 0) is 11.3 Å². The third-order valence-corrected chi connectivity index (χ3v) is 6.04. The van der Waals surface area contributed by atoms with Gasteiger partial charge in [-0.05, 0) is 29.8 Å². The molecule has 0 N–H and O–H groups in total. The lowest BCUT2D eigenvalue weighted by Gasteiger charge is -2.17. The molecule has 1 aliphatic heterocycles. The van der Waals surface area contributed by atoms with Crippen LogP contribution in [0.4, 0.5) is 0 Å². The number of thioether (sulfide) groups is 1. The molecule has 1 aromatic heterocycles. The number of nitrogens with zero attached hydrogens (tertiary/aromatic N) is 2. The van der Waals surface area contributed by atoms with Gasteiger partial charge >= 0.3 is 0 Å². The average molecular weight is 372 g/mol. The van der Waals surface area contributed by atoms with Crippen LogP contribution in [0, 0.1) is 0 Å². The first-order chi connectivity index (χ1) is 12.2. The van der Waals surface area contributed by atoms with Crippen molar-refractivity contribution in [1.82, 2.24) is 9.88 Å². The fourth-order valence-electron chi connectivity index (χ4n) is 2.55. The van der Waals surface area contributed by atoms with Crippen LogP contribution in [0.1, 0.15) is 5.56 Å². The van der Waals surface area contributed by atoms with Crippen molar-refractivity contribution in [2.24, 2.45) is 0 Å². The zero-order valence-electron chi connectivity index (χ0n) is 13.6. The third-order valence-electron chi connectivity index (χ3n) is 3.88. The molecule has 0 saturated heterocycles. The summed E-state index contributed by atoms with van der Waals surface area (Å²) in [6.45, 7) is 0.794. The Kier molecular flexibility index (Phi) is 4.50. The van der Waals surface area contributed by atoms with E-state index in [1.807, 2.05) is 49.5 Å². The summed E-state index contributed by atoms with van der Waals surface area (Å²) in [5, 5.41) is 0. The monoisotopic (exact) mass is 372 g/mol. The van der Waals surface area contributed by atoms with Crippen LogP contribution in [0.2, 0.25) is 0 Å². The van der Waals surface area contributed by atoms with E-state index in [2.05, 4.69) is 4.98 Å².